The van der Waals surface area contributed by atoms with E-state index in [1.165, 1.54) is 33.2 Å². The molecular weight excluding hydrogens is 797 g/mol. The summed E-state index contributed by atoms with van der Waals surface area (Å²) < 4.78 is 2.35. The largest absolute Gasteiger partial charge is 0.314 e. The number of fused-ring (bicyclic) bond motifs is 4. The molecule has 0 radical (unpaired) electrons. The van der Waals surface area contributed by atoms with Gasteiger partial charge >= 0.3 is 0 Å². The molecule has 7 aromatic carbocycles. The van der Waals surface area contributed by atoms with Crippen LogP contribution in [0, 0.1) is 13.8 Å². The van der Waals surface area contributed by atoms with E-state index in [0.29, 0.717) is 0 Å². The van der Waals surface area contributed by atoms with Crippen LogP contribution in [0.2, 0.25) is 0 Å². The van der Waals surface area contributed by atoms with Gasteiger partial charge in [-0.05, 0) is 161 Å². The number of aryl methyl sites for hydroxylation is 2. The first-order valence-corrected chi connectivity index (χ1v) is 23.2. The van der Waals surface area contributed by atoms with Crippen LogP contribution in [0.3, 0.4) is 0 Å². The van der Waals surface area contributed by atoms with Gasteiger partial charge in [0.25, 0.3) is 0 Å². The summed E-state index contributed by atoms with van der Waals surface area (Å²) in [7, 11) is 0. The SMILES string of the molecule is C=C/C=C(\C=C)c1cccc(-c2ccc(N(c3ccc(-c4ccc(C)n(-c5ccccc5)c5ccc(C)cc5cc4)cc3)c3ccc4c(c3)C(C)(C/C=C\C)c3ccccc3-4)cc2)c1.CC. The number of aromatic nitrogens is 1. The van der Waals surface area contributed by atoms with Crippen LogP contribution in [0.25, 0.3) is 55.5 Å². The minimum absolute atomic E-state index is 0.155. The predicted octanol–water partition coefficient (Wildman–Crippen LogP) is 18.2. The van der Waals surface area contributed by atoms with Gasteiger partial charge in [-0.1, -0.05) is 185 Å². The molecule has 9 rings (SSSR count). The fourth-order valence-corrected chi connectivity index (χ4v) is 9.45. The van der Waals surface area contributed by atoms with Crippen LogP contribution in [-0.2, 0) is 5.41 Å². The Morgan fingerprint density at radius 1 is 0.576 bits per heavy atom. The van der Waals surface area contributed by atoms with Gasteiger partial charge < -0.3 is 9.47 Å². The fraction of sp³-hybridized carbons (Fsp3) is 0.125. The van der Waals surface area contributed by atoms with E-state index in [9.17, 15) is 0 Å². The quantitative estimate of drug-likeness (QED) is 0.0929. The number of nitrogens with zero attached hydrogens (tertiary/aromatic N) is 2. The van der Waals surface area contributed by atoms with Gasteiger partial charge in [-0.3, -0.25) is 0 Å². The fourth-order valence-electron chi connectivity index (χ4n) is 9.45. The van der Waals surface area contributed by atoms with E-state index in [-0.39, 0.29) is 5.41 Å². The van der Waals surface area contributed by atoms with Crippen LogP contribution in [-0.4, -0.2) is 4.57 Å². The van der Waals surface area contributed by atoms with Crippen molar-refractivity contribution in [2.75, 3.05) is 4.90 Å². The Morgan fingerprint density at radius 2 is 1.20 bits per heavy atom. The molecule has 0 amide bonds. The summed E-state index contributed by atoms with van der Waals surface area (Å²) in [4.78, 5) is 2.40. The predicted molar refractivity (Wildman–Crippen MR) is 287 cm³/mol. The molecule has 0 spiro atoms. The van der Waals surface area contributed by atoms with Crippen molar-refractivity contribution in [3.05, 3.63) is 260 Å². The Balaban J connectivity index is 0.00000292. The lowest BCUT2D eigenvalue weighted by Crippen LogP contribution is -2.20. The Bertz CT molecular complexity index is 3140. The highest BCUT2D eigenvalue weighted by Gasteiger charge is 2.38. The third-order valence-corrected chi connectivity index (χ3v) is 12.8. The molecule has 8 aromatic rings. The molecule has 0 saturated heterocycles. The first-order valence-electron chi connectivity index (χ1n) is 23.2. The van der Waals surface area contributed by atoms with Crippen LogP contribution in [0.15, 0.2) is 232 Å². The summed E-state index contributed by atoms with van der Waals surface area (Å²) in [6.07, 6.45) is 11.1. The number of hydrogen-bond donors (Lipinski definition) is 0. The second-order valence-corrected chi connectivity index (χ2v) is 16.9. The topological polar surface area (TPSA) is 8.17 Å². The Kier molecular flexibility index (Phi) is 13.6. The monoisotopic (exact) mass is 856 g/mol. The molecule has 1 heterocycles. The van der Waals surface area contributed by atoms with Crippen molar-refractivity contribution in [1.82, 2.24) is 4.57 Å². The Hall–Kier alpha value is -7.68. The average molecular weight is 857 g/mol. The summed E-state index contributed by atoms with van der Waals surface area (Å²) in [5, 5.41) is 1.18. The zero-order chi connectivity index (χ0) is 46.2. The van der Waals surface area contributed by atoms with Crippen molar-refractivity contribution in [2.24, 2.45) is 0 Å². The molecule has 1 aliphatic carbocycles. The Morgan fingerprint density at radius 3 is 1.88 bits per heavy atom. The number of rotatable bonds is 11. The third kappa shape index (κ3) is 8.88. The molecule has 1 unspecified atom stereocenters. The number of para-hydroxylation sites is 1. The van der Waals surface area contributed by atoms with Crippen LogP contribution < -0.4 is 4.90 Å². The highest BCUT2D eigenvalue weighted by molar-refractivity contribution is 5.87. The van der Waals surface area contributed by atoms with Gasteiger partial charge in [-0.15, -0.1) is 0 Å². The van der Waals surface area contributed by atoms with Crippen molar-refractivity contribution in [1.29, 1.82) is 0 Å². The molecule has 0 N–H and O–H groups in total. The summed E-state index contributed by atoms with van der Waals surface area (Å²) in [5.74, 6) is 0. The molecule has 2 heteroatoms. The smallest absolute Gasteiger partial charge is 0.0530 e. The minimum Gasteiger partial charge on any atom is -0.314 e. The third-order valence-electron chi connectivity index (χ3n) is 12.8. The normalized spacial score (nSPS) is 13.9. The lowest BCUT2D eigenvalue weighted by molar-refractivity contribution is 0.596. The molecule has 0 fully saturated rings. The van der Waals surface area contributed by atoms with Gasteiger partial charge in [0.2, 0.25) is 0 Å². The van der Waals surface area contributed by atoms with Gasteiger partial charge in [-0.2, -0.15) is 0 Å². The molecule has 2 nitrogen and oxygen atoms in total. The first-order chi connectivity index (χ1) is 32.3. The standard InChI is InChI=1S/C62H54N2.C2H6/c1-7-10-40-62(6)59-23-15-14-22-57(59)58-38-37-56(43-60(58)62)64(55-35-31-49(32-36-55)51-19-16-18-50(42-51)46(9-3)17-8-2)54-33-29-48(30-34-54)47-26-25-45(5)63(53-20-12-11-13-21-53)61-39-24-44(4)41-52(61)28-27-47;1-2/h7-39,41-43H,2-3,40H2,1,4-6H3;1-2H3/b10-7-,28-27?,45-25?,46-17+,47-26?;. The van der Waals surface area contributed by atoms with Crippen LogP contribution >= 0.6 is 0 Å². The molecule has 0 saturated carbocycles. The number of allylic oxidation sites excluding steroid dienone is 6. The van der Waals surface area contributed by atoms with E-state index in [0.717, 1.165) is 73.8 Å². The Labute approximate surface area is 393 Å². The molecule has 326 valence electrons. The van der Waals surface area contributed by atoms with E-state index in [4.69, 9.17) is 0 Å². The summed E-state index contributed by atoms with van der Waals surface area (Å²) in [6.45, 7) is 20.8. The molecule has 1 aliphatic rings. The second kappa shape index (κ2) is 20.0. The molecule has 1 atom stereocenters. The van der Waals surface area contributed by atoms with Gasteiger partial charge in [0.15, 0.2) is 0 Å². The highest BCUT2D eigenvalue weighted by Crippen LogP contribution is 2.52. The van der Waals surface area contributed by atoms with Crippen molar-refractivity contribution < 1.29 is 0 Å². The lowest BCUT2D eigenvalue weighted by Gasteiger charge is -2.30. The van der Waals surface area contributed by atoms with E-state index >= 15 is 0 Å². The molecule has 66 heavy (non-hydrogen) atoms. The summed E-state index contributed by atoms with van der Waals surface area (Å²) >= 11 is 0. The van der Waals surface area contributed by atoms with Crippen LogP contribution in [0.5, 0.6) is 0 Å². The van der Waals surface area contributed by atoms with Gasteiger partial charge in [0.1, 0.15) is 0 Å². The number of benzene rings is 7. The summed E-state index contributed by atoms with van der Waals surface area (Å²) in [5.41, 5.74) is 19.9. The maximum Gasteiger partial charge on any atom is 0.0530 e. The van der Waals surface area contributed by atoms with Gasteiger partial charge in [0, 0.05) is 33.9 Å². The number of hydrogen-bond acceptors (Lipinski definition) is 1. The van der Waals surface area contributed by atoms with Crippen LogP contribution in [0.4, 0.5) is 17.1 Å². The molecule has 0 bridgehead atoms. The number of anilines is 3. The van der Waals surface area contributed by atoms with E-state index < -0.39 is 0 Å². The highest BCUT2D eigenvalue weighted by atomic mass is 15.1. The minimum atomic E-state index is -0.155. The van der Waals surface area contributed by atoms with Gasteiger partial charge in [-0.25, -0.2) is 0 Å². The van der Waals surface area contributed by atoms with Crippen LogP contribution in [0.1, 0.15) is 62.1 Å². The van der Waals surface area contributed by atoms with Crippen molar-refractivity contribution in [3.63, 3.8) is 0 Å². The van der Waals surface area contributed by atoms with Crippen molar-refractivity contribution in [3.8, 4) is 39.1 Å². The molecule has 0 aliphatic heterocycles. The van der Waals surface area contributed by atoms with Crippen molar-refractivity contribution in [2.45, 2.75) is 53.4 Å². The summed E-state index contributed by atoms with van der Waals surface area (Å²) in [6, 6.07) is 69.0. The lowest BCUT2D eigenvalue weighted by atomic mass is 9.77. The van der Waals surface area contributed by atoms with Gasteiger partial charge in [0.05, 0.1) is 5.52 Å². The average Bonchev–Trinajstić information content (AvgIpc) is 3.64. The second-order valence-electron chi connectivity index (χ2n) is 16.9. The first kappa shape index (κ1) is 44.9. The molecular formula is C64H60N2. The van der Waals surface area contributed by atoms with E-state index in [1.54, 1.807) is 0 Å². The van der Waals surface area contributed by atoms with E-state index in [2.05, 4.69) is 251 Å². The zero-order valence-electron chi connectivity index (χ0n) is 39.3. The maximum absolute atomic E-state index is 4.04. The maximum atomic E-state index is 4.04. The van der Waals surface area contributed by atoms with E-state index in [1.807, 2.05) is 32.1 Å². The molecule has 1 aromatic heterocycles. The zero-order valence-corrected chi connectivity index (χ0v) is 39.3. The van der Waals surface area contributed by atoms with Crippen molar-refractivity contribution >= 4 is 33.5 Å².